The molecule has 1 heterocycles. The zero-order valence-electron chi connectivity index (χ0n) is 18.0. The normalized spacial score (nSPS) is 11.8. The van der Waals surface area contributed by atoms with Crippen molar-refractivity contribution in [3.8, 4) is 11.5 Å². The third kappa shape index (κ3) is 5.21. The molecule has 0 spiro atoms. The van der Waals surface area contributed by atoms with Crippen LogP contribution < -0.4 is 9.47 Å². The summed E-state index contributed by atoms with van der Waals surface area (Å²) in [5.41, 5.74) is 3.83. The van der Waals surface area contributed by atoms with Crippen LogP contribution in [0.1, 0.15) is 17.0 Å². The SMILES string of the molecule is Cc1cccc(C)c1OCc1nc2ccccc2n1CC(O)COc1ccccc1F.Cl. The van der Waals surface area contributed by atoms with E-state index in [2.05, 4.69) is 0 Å². The number of hydrogen-bond donors (Lipinski definition) is 1. The van der Waals surface area contributed by atoms with Crippen molar-refractivity contribution in [2.24, 2.45) is 0 Å². The van der Waals surface area contributed by atoms with Gasteiger partial charge in [0, 0.05) is 0 Å². The van der Waals surface area contributed by atoms with Crippen molar-refractivity contribution in [3.05, 3.63) is 89.5 Å². The smallest absolute Gasteiger partial charge is 0.165 e. The van der Waals surface area contributed by atoms with Crippen molar-refractivity contribution in [2.75, 3.05) is 6.61 Å². The molecule has 0 saturated heterocycles. The Labute approximate surface area is 192 Å². The minimum atomic E-state index is -0.851. The second-order valence-corrected chi connectivity index (χ2v) is 7.53. The van der Waals surface area contributed by atoms with E-state index in [0.717, 1.165) is 27.9 Å². The van der Waals surface area contributed by atoms with Crippen molar-refractivity contribution in [3.63, 3.8) is 0 Å². The molecule has 4 rings (SSSR count). The molecule has 7 heteroatoms. The van der Waals surface area contributed by atoms with Crippen LogP contribution in [0.3, 0.4) is 0 Å². The minimum Gasteiger partial charge on any atom is -0.488 e. The van der Waals surface area contributed by atoms with E-state index >= 15 is 0 Å². The highest BCUT2D eigenvalue weighted by molar-refractivity contribution is 5.85. The molecule has 1 N–H and O–H groups in total. The number of rotatable bonds is 8. The molecule has 0 radical (unpaired) electrons. The van der Waals surface area contributed by atoms with Gasteiger partial charge >= 0.3 is 0 Å². The maximum absolute atomic E-state index is 13.8. The van der Waals surface area contributed by atoms with E-state index in [1.807, 2.05) is 60.9 Å². The fraction of sp³-hybridized carbons (Fsp3) is 0.240. The number of aryl methyl sites for hydroxylation is 2. The summed E-state index contributed by atoms with van der Waals surface area (Å²) in [7, 11) is 0. The first-order chi connectivity index (χ1) is 15.0. The second kappa shape index (κ2) is 10.5. The Balaban J connectivity index is 0.00000289. The maximum atomic E-state index is 13.8. The summed E-state index contributed by atoms with van der Waals surface area (Å²) in [6.45, 7) is 4.50. The third-order valence-electron chi connectivity index (χ3n) is 5.15. The van der Waals surface area contributed by atoms with Gasteiger partial charge in [-0.3, -0.25) is 0 Å². The van der Waals surface area contributed by atoms with E-state index in [4.69, 9.17) is 14.5 Å². The van der Waals surface area contributed by atoms with Crippen LogP contribution in [-0.2, 0) is 13.2 Å². The van der Waals surface area contributed by atoms with Gasteiger partial charge in [0.05, 0.1) is 17.6 Å². The summed E-state index contributed by atoms with van der Waals surface area (Å²) >= 11 is 0. The summed E-state index contributed by atoms with van der Waals surface area (Å²) in [6.07, 6.45) is -0.851. The van der Waals surface area contributed by atoms with Gasteiger partial charge in [0.2, 0.25) is 0 Å². The fourth-order valence-corrected chi connectivity index (χ4v) is 3.61. The van der Waals surface area contributed by atoms with E-state index < -0.39 is 11.9 Å². The number of nitrogens with zero attached hydrogens (tertiary/aromatic N) is 2. The van der Waals surface area contributed by atoms with E-state index in [-0.39, 0.29) is 37.9 Å². The van der Waals surface area contributed by atoms with E-state index in [9.17, 15) is 9.50 Å². The largest absolute Gasteiger partial charge is 0.488 e. The van der Waals surface area contributed by atoms with Crippen LogP contribution in [-0.4, -0.2) is 27.4 Å². The third-order valence-corrected chi connectivity index (χ3v) is 5.15. The number of hydrogen-bond acceptors (Lipinski definition) is 4. The van der Waals surface area contributed by atoms with Gasteiger partial charge in [-0.15, -0.1) is 12.4 Å². The van der Waals surface area contributed by atoms with Crippen molar-refractivity contribution >= 4 is 23.4 Å². The molecule has 1 aromatic heterocycles. The van der Waals surface area contributed by atoms with Crippen LogP contribution in [0.25, 0.3) is 11.0 Å². The maximum Gasteiger partial charge on any atom is 0.165 e. The second-order valence-electron chi connectivity index (χ2n) is 7.53. The molecule has 0 amide bonds. The molecule has 0 aliphatic carbocycles. The number of aromatic nitrogens is 2. The first kappa shape index (κ1) is 23.6. The average molecular weight is 457 g/mol. The van der Waals surface area contributed by atoms with Crippen molar-refractivity contribution in [1.82, 2.24) is 9.55 Å². The molecule has 32 heavy (non-hydrogen) atoms. The molecule has 168 valence electrons. The van der Waals surface area contributed by atoms with Crippen LogP contribution in [0.4, 0.5) is 4.39 Å². The van der Waals surface area contributed by atoms with Crippen molar-refractivity contribution < 1.29 is 19.0 Å². The highest BCUT2D eigenvalue weighted by atomic mass is 35.5. The zero-order chi connectivity index (χ0) is 21.8. The Morgan fingerprint density at radius 2 is 1.62 bits per heavy atom. The first-order valence-electron chi connectivity index (χ1n) is 10.2. The van der Waals surface area contributed by atoms with Gasteiger partial charge in [0.15, 0.2) is 11.6 Å². The molecule has 1 unspecified atom stereocenters. The van der Waals surface area contributed by atoms with Crippen molar-refractivity contribution in [2.45, 2.75) is 33.1 Å². The average Bonchev–Trinajstić information content (AvgIpc) is 3.10. The monoisotopic (exact) mass is 456 g/mol. The lowest BCUT2D eigenvalue weighted by molar-refractivity contribution is 0.0898. The molecule has 0 aliphatic heterocycles. The predicted octanol–water partition coefficient (Wildman–Crippen LogP) is 5.23. The molecule has 0 saturated carbocycles. The van der Waals surface area contributed by atoms with E-state index in [0.29, 0.717) is 5.82 Å². The summed E-state index contributed by atoms with van der Waals surface area (Å²) in [5, 5.41) is 10.6. The van der Waals surface area contributed by atoms with Gasteiger partial charge < -0.3 is 19.1 Å². The lowest BCUT2D eigenvalue weighted by atomic mass is 10.1. The lowest BCUT2D eigenvalue weighted by Gasteiger charge is -2.17. The standard InChI is InChI=1S/C25H25FN2O3.ClH/c1-17-8-7-9-18(2)25(17)31-16-24-27-21-11-4-5-12-22(21)28(24)14-19(29)15-30-23-13-6-3-10-20(23)26;/h3-13,19,29H,14-16H2,1-2H3;1H. The Morgan fingerprint density at radius 3 is 2.38 bits per heavy atom. The topological polar surface area (TPSA) is 56.5 Å². The van der Waals surface area contributed by atoms with Gasteiger partial charge in [-0.1, -0.05) is 42.5 Å². The number of imidazole rings is 1. The molecule has 0 bridgehead atoms. The molecule has 0 aliphatic rings. The Hall–Kier alpha value is -3.09. The summed E-state index contributed by atoms with van der Waals surface area (Å²) in [5.74, 6) is 1.21. The molecule has 0 fully saturated rings. The van der Waals surface area contributed by atoms with E-state index in [1.165, 1.54) is 6.07 Å². The van der Waals surface area contributed by atoms with Crippen LogP contribution >= 0.6 is 12.4 Å². The van der Waals surface area contributed by atoms with Gasteiger partial charge in [-0.2, -0.15) is 0 Å². The molecule has 3 aromatic carbocycles. The number of fused-ring (bicyclic) bond motifs is 1. The zero-order valence-corrected chi connectivity index (χ0v) is 18.8. The molecular weight excluding hydrogens is 431 g/mol. The van der Waals surface area contributed by atoms with Crippen molar-refractivity contribution in [1.29, 1.82) is 0 Å². The quantitative estimate of drug-likeness (QED) is 0.394. The number of aliphatic hydroxyl groups is 1. The summed E-state index contributed by atoms with van der Waals surface area (Å²) < 4.78 is 27.3. The van der Waals surface area contributed by atoms with Crippen LogP contribution in [0.2, 0.25) is 0 Å². The summed E-state index contributed by atoms with van der Waals surface area (Å²) in [4.78, 5) is 4.70. The van der Waals surface area contributed by atoms with Gasteiger partial charge in [0.1, 0.15) is 30.9 Å². The fourth-order valence-electron chi connectivity index (χ4n) is 3.61. The number of para-hydroxylation sites is 4. The molecule has 4 aromatic rings. The van der Waals surface area contributed by atoms with Gasteiger partial charge in [-0.05, 0) is 49.2 Å². The lowest BCUT2D eigenvalue weighted by Crippen LogP contribution is -2.25. The Morgan fingerprint density at radius 1 is 0.938 bits per heavy atom. The Kier molecular flexibility index (Phi) is 7.72. The molecule has 5 nitrogen and oxygen atoms in total. The van der Waals surface area contributed by atoms with Crippen LogP contribution in [0.15, 0.2) is 66.7 Å². The molecular formula is C25H26ClFN2O3. The first-order valence-corrected chi connectivity index (χ1v) is 10.2. The van der Waals surface area contributed by atoms with Crippen LogP contribution in [0.5, 0.6) is 11.5 Å². The highest BCUT2D eigenvalue weighted by Crippen LogP contribution is 2.25. The number of benzene rings is 3. The van der Waals surface area contributed by atoms with Gasteiger partial charge in [0.25, 0.3) is 0 Å². The number of aliphatic hydroxyl groups excluding tert-OH is 1. The number of ether oxygens (including phenoxy) is 2. The minimum absolute atomic E-state index is 0. The van der Waals surface area contributed by atoms with Gasteiger partial charge in [-0.25, -0.2) is 9.37 Å². The van der Waals surface area contributed by atoms with Crippen LogP contribution in [0, 0.1) is 19.7 Å². The molecule has 1 atom stereocenters. The Bertz CT molecular complexity index is 1170. The van der Waals surface area contributed by atoms with E-state index in [1.54, 1.807) is 18.2 Å². The highest BCUT2D eigenvalue weighted by Gasteiger charge is 2.16. The summed E-state index contributed by atoms with van der Waals surface area (Å²) in [6, 6.07) is 19.9. The predicted molar refractivity (Wildman–Crippen MR) is 125 cm³/mol. The number of halogens is 2.